The van der Waals surface area contributed by atoms with Crippen molar-refractivity contribution >= 4 is 5.78 Å². The van der Waals surface area contributed by atoms with Gasteiger partial charge in [-0.15, -0.1) is 0 Å². The van der Waals surface area contributed by atoms with Crippen LogP contribution >= 0.6 is 0 Å². The second-order valence-corrected chi connectivity index (χ2v) is 5.75. The summed E-state index contributed by atoms with van der Waals surface area (Å²) in [6, 6.07) is 20.6. The number of hydrogen-bond donors (Lipinski definition) is 0. The summed E-state index contributed by atoms with van der Waals surface area (Å²) < 4.78 is 0. The van der Waals surface area contributed by atoms with Crippen LogP contribution < -0.4 is 0 Å². The average Bonchev–Trinajstić information content (AvgIpc) is 2.96. The van der Waals surface area contributed by atoms with Crippen LogP contribution in [0.15, 0.2) is 60.7 Å². The molecule has 0 aromatic heterocycles. The zero-order valence-electron chi connectivity index (χ0n) is 12.2. The van der Waals surface area contributed by atoms with Gasteiger partial charge in [-0.05, 0) is 24.9 Å². The summed E-state index contributed by atoms with van der Waals surface area (Å²) in [6.07, 6.45) is 2.96. The third-order valence-electron chi connectivity index (χ3n) is 4.24. The fraction of sp³-hybridized carbons (Fsp3) is 0.316. The number of carbonyl (C=O) groups excluding carboxylic acids is 1. The molecule has 0 radical (unpaired) electrons. The van der Waals surface area contributed by atoms with Crippen molar-refractivity contribution in [3.63, 3.8) is 0 Å². The maximum Gasteiger partial charge on any atom is 0.164 e. The highest BCUT2D eigenvalue weighted by molar-refractivity contribution is 5.96. The third kappa shape index (κ3) is 3.59. The molecule has 1 heterocycles. The molecule has 1 fully saturated rings. The van der Waals surface area contributed by atoms with E-state index in [9.17, 15) is 4.79 Å². The van der Waals surface area contributed by atoms with E-state index in [0.717, 1.165) is 25.1 Å². The summed E-state index contributed by atoms with van der Waals surface area (Å²) in [7, 11) is 0. The number of Topliss-reactive ketones (excluding diaryl/α,β-unsaturated/α-hetero) is 1. The van der Waals surface area contributed by atoms with Crippen molar-refractivity contribution in [3.8, 4) is 0 Å². The average molecular weight is 279 g/mol. The van der Waals surface area contributed by atoms with Crippen molar-refractivity contribution in [2.24, 2.45) is 0 Å². The first-order valence-electron chi connectivity index (χ1n) is 7.69. The van der Waals surface area contributed by atoms with Gasteiger partial charge in [-0.2, -0.15) is 0 Å². The highest BCUT2D eigenvalue weighted by Gasteiger charge is 2.26. The summed E-state index contributed by atoms with van der Waals surface area (Å²) in [5.41, 5.74) is 2.17. The molecule has 0 amide bonds. The number of benzene rings is 2. The van der Waals surface area contributed by atoms with Gasteiger partial charge < -0.3 is 0 Å². The minimum Gasteiger partial charge on any atom is -0.296 e. The van der Waals surface area contributed by atoms with Crippen molar-refractivity contribution in [3.05, 3.63) is 71.8 Å². The van der Waals surface area contributed by atoms with Crippen LogP contribution in [0.5, 0.6) is 0 Å². The van der Waals surface area contributed by atoms with Crippen LogP contribution in [0.3, 0.4) is 0 Å². The van der Waals surface area contributed by atoms with Crippen LogP contribution in [-0.4, -0.2) is 23.3 Å². The fourth-order valence-corrected chi connectivity index (χ4v) is 3.11. The van der Waals surface area contributed by atoms with Gasteiger partial charge in [0.15, 0.2) is 5.78 Å². The molecule has 1 aliphatic heterocycles. The molecular weight excluding hydrogens is 258 g/mol. The maximum atomic E-state index is 12.4. The number of hydrogen-bond acceptors (Lipinski definition) is 2. The van der Waals surface area contributed by atoms with E-state index in [2.05, 4.69) is 29.2 Å². The molecule has 21 heavy (non-hydrogen) atoms. The molecule has 2 heteroatoms. The van der Waals surface area contributed by atoms with Crippen LogP contribution in [0.2, 0.25) is 0 Å². The molecule has 108 valence electrons. The Kier molecular flexibility index (Phi) is 4.46. The molecule has 2 aromatic carbocycles. The minimum absolute atomic E-state index is 0.264. The van der Waals surface area contributed by atoms with Gasteiger partial charge in [0.1, 0.15) is 0 Å². The molecule has 1 aliphatic rings. The Morgan fingerprint density at radius 3 is 2.38 bits per heavy atom. The van der Waals surface area contributed by atoms with Gasteiger partial charge in [-0.25, -0.2) is 0 Å². The Morgan fingerprint density at radius 2 is 1.67 bits per heavy atom. The second-order valence-electron chi connectivity index (χ2n) is 5.75. The topological polar surface area (TPSA) is 20.3 Å². The SMILES string of the molecule is O=C(CC1CCCN1Cc1ccccc1)c1ccccc1. The number of rotatable bonds is 5. The largest absolute Gasteiger partial charge is 0.296 e. The lowest BCUT2D eigenvalue weighted by molar-refractivity contribution is 0.0938. The molecule has 1 saturated heterocycles. The van der Waals surface area contributed by atoms with E-state index in [4.69, 9.17) is 0 Å². The van der Waals surface area contributed by atoms with Crippen molar-refractivity contribution in [1.29, 1.82) is 0 Å². The molecule has 0 saturated carbocycles. The van der Waals surface area contributed by atoms with E-state index < -0.39 is 0 Å². The van der Waals surface area contributed by atoms with E-state index in [1.807, 2.05) is 36.4 Å². The van der Waals surface area contributed by atoms with Crippen LogP contribution in [0.25, 0.3) is 0 Å². The standard InChI is InChI=1S/C19H21NO/c21-19(17-10-5-2-6-11-17)14-18-12-7-13-20(18)15-16-8-3-1-4-9-16/h1-6,8-11,18H,7,12-15H2. The molecule has 1 atom stereocenters. The zero-order valence-corrected chi connectivity index (χ0v) is 12.2. The lowest BCUT2D eigenvalue weighted by Crippen LogP contribution is -2.30. The first kappa shape index (κ1) is 14.0. The van der Waals surface area contributed by atoms with Gasteiger partial charge in [0.05, 0.1) is 0 Å². The first-order chi connectivity index (χ1) is 10.3. The van der Waals surface area contributed by atoms with E-state index in [0.29, 0.717) is 12.5 Å². The van der Waals surface area contributed by atoms with Crippen molar-refractivity contribution in [1.82, 2.24) is 4.90 Å². The number of ketones is 1. The third-order valence-corrected chi connectivity index (χ3v) is 4.24. The first-order valence-corrected chi connectivity index (χ1v) is 7.69. The Labute approximate surface area is 126 Å². The van der Waals surface area contributed by atoms with Crippen LogP contribution in [0.4, 0.5) is 0 Å². The number of carbonyl (C=O) groups is 1. The predicted octanol–water partition coefficient (Wildman–Crippen LogP) is 3.92. The molecule has 2 nitrogen and oxygen atoms in total. The van der Waals surface area contributed by atoms with Crippen molar-refractivity contribution in [2.45, 2.75) is 31.8 Å². The van der Waals surface area contributed by atoms with E-state index >= 15 is 0 Å². The summed E-state index contributed by atoms with van der Waals surface area (Å²) in [6.45, 7) is 2.05. The van der Waals surface area contributed by atoms with Gasteiger partial charge >= 0.3 is 0 Å². The molecule has 3 rings (SSSR count). The summed E-state index contributed by atoms with van der Waals surface area (Å²) >= 11 is 0. The zero-order chi connectivity index (χ0) is 14.5. The Bertz CT molecular complexity index is 579. The van der Waals surface area contributed by atoms with E-state index in [-0.39, 0.29) is 5.78 Å². The van der Waals surface area contributed by atoms with Gasteiger partial charge in [0, 0.05) is 24.6 Å². The Hall–Kier alpha value is -1.93. The lowest BCUT2D eigenvalue weighted by Gasteiger charge is -2.24. The quantitative estimate of drug-likeness (QED) is 0.773. The Balaban J connectivity index is 1.63. The maximum absolute atomic E-state index is 12.4. The number of nitrogens with zero attached hydrogens (tertiary/aromatic N) is 1. The van der Waals surface area contributed by atoms with Crippen molar-refractivity contribution < 1.29 is 4.79 Å². The lowest BCUT2D eigenvalue weighted by atomic mass is 10.0. The monoisotopic (exact) mass is 279 g/mol. The normalized spacial score (nSPS) is 18.8. The Morgan fingerprint density at radius 1 is 1.00 bits per heavy atom. The predicted molar refractivity (Wildman–Crippen MR) is 85.3 cm³/mol. The molecule has 0 N–H and O–H groups in total. The van der Waals surface area contributed by atoms with Gasteiger partial charge in [-0.3, -0.25) is 9.69 Å². The van der Waals surface area contributed by atoms with Crippen LogP contribution in [0.1, 0.15) is 35.2 Å². The summed E-state index contributed by atoms with van der Waals surface area (Å²) in [4.78, 5) is 14.8. The second kappa shape index (κ2) is 6.68. The van der Waals surface area contributed by atoms with Crippen LogP contribution in [-0.2, 0) is 6.54 Å². The fourth-order valence-electron chi connectivity index (χ4n) is 3.11. The molecular formula is C19H21NO. The molecule has 2 aromatic rings. The highest BCUT2D eigenvalue weighted by Crippen LogP contribution is 2.23. The molecule has 0 spiro atoms. The summed E-state index contributed by atoms with van der Waals surface area (Å²) in [5.74, 6) is 0.264. The molecule has 1 unspecified atom stereocenters. The number of likely N-dealkylation sites (tertiary alicyclic amines) is 1. The summed E-state index contributed by atoms with van der Waals surface area (Å²) in [5, 5.41) is 0. The molecule has 0 bridgehead atoms. The minimum atomic E-state index is 0.264. The van der Waals surface area contributed by atoms with E-state index in [1.165, 1.54) is 12.0 Å². The smallest absolute Gasteiger partial charge is 0.164 e. The van der Waals surface area contributed by atoms with Gasteiger partial charge in [0.25, 0.3) is 0 Å². The van der Waals surface area contributed by atoms with Gasteiger partial charge in [0.2, 0.25) is 0 Å². The van der Waals surface area contributed by atoms with E-state index in [1.54, 1.807) is 0 Å². The highest BCUT2D eigenvalue weighted by atomic mass is 16.1. The van der Waals surface area contributed by atoms with Crippen LogP contribution in [0, 0.1) is 0 Å². The van der Waals surface area contributed by atoms with Crippen molar-refractivity contribution in [2.75, 3.05) is 6.54 Å². The van der Waals surface area contributed by atoms with Gasteiger partial charge in [-0.1, -0.05) is 60.7 Å². The molecule has 0 aliphatic carbocycles.